The molecule has 15 heteroatoms. The maximum Gasteiger partial charge on any atom is 0.326 e. The van der Waals surface area contributed by atoms with E-state index in [9.17, 15) is 28.8 Å². The molecule has 0 aromatic carbocycles. The van der Waals surface area contributed by atoms with Gasteiger partial charge in [0.05, 0.1) is 19.4 Å². The molecule has 0 saturated carbocycles. The minimum atomic E-state index is -1.76. The van der Waals surface area contributed by atoms with Gasteiger partial charge in [0.2, 0.25) is 23.6 Å². The van der Waals surface area contributed by atoms with E-state index in [4.69, 9.17) is 26.8 Å². The predicted molar refractivity (Wildman–Crippen MR) is 98.4 cm³/mol. The molecule has 0 radical (unpaired) electrons. The number of amides is 4. The minimum absolute atomic E-state index is 0.329. The Hall–Kier alpha value is -2.91. The molecule has 0 aromatic heterocycles. The second-order valence-electron chi connectivity index (χ2n) is 5.76. The summed E-state index contributed by atoms with van der Waals surface area (Å²) >= 11 is 3.86. The van der Waals surface area contributed by atoms with Crippen molar-refractivity contribution in [2.75, 3.05) is 12.4 Å². The molecule has 0 aliphatic rings. The van der Waals surface area contributed by atoms with Crippen molar-refractivity contribution in [1.29, 1.82) is 0 Å². The number of aliphatic carboxylic acids is 2. The van der Waals surface area contributed by atoms with Gasteiger partial charge in [-0.05, 0) is 0 Å². The van der Waals surface area contributed by atoms with Crippen LogP contribution in [0.4, 0.5) is 0 Å². The van der Waals surface area contributed by atoms with Crippen LogP contribution in [0.3, 0.4) is 0 Å². The van der Waals surface area contributed by atoms with Gasteiger partial charge in [-0.2, -0.15) is 12.6 Å². The van der Waals surface area contributed by atoms with E-state index in [1.807, 2.05) is 5.32 Å². The summed E-state index contributed by atoms with van der Waals surface area (Å²) in [7, 11) is 0. The van der Waals surface area contributed by atoms with Crippen LogP contribution in [-0.2, 0) is 28.8 Å². The number of aliphatic hydroxyl groups excluding tert-OH is 1. The maximum absolute atomic E-state index is 12.3. The van der Waals surface area contributed by atoms with Gasteiger partial charge in [-0.25, -0.2) is 4.79 Å². The number of aliphatic hydroxyl groups is 1. The van der Waals surface area contributed by atoms with E-state index in [0.29, 0.717) is 0 Å². The largest absolute Gasteiger partial charge is 0.481 e. The van der Waals surface area contributed by atoms with Gasteiger partial charge < -0.3 is 42.7 Å². The summed E-state index contributed by atoms with van der Waals surface area (Å²) in [5.74, 6) is -7.45. The quantitative estimate of drug-likeness (QED) is 0.124. The summed E-state index contributed by atoms with van der Waals surface area (Å²) in [6, 6.07) is -6.11. The van der Waals surface area contributed by atoms with Crippen molar-refractivity contribution in [2.45, 2.75) is 37.0 Å². The summed E-state index contributed by atoms with van der Waals surface area (Å²) in [5.41, 5.74) is 10.3. The SMILES string of the molecule is NC(=O)CC(NC(=O)C(N)CO)C(=O)NC(CS)C(=O)NC(CC(=O)O)C(=O)O. The van der Waals surface area contributed by atoms with E-state index in [-0.39, 0.29) is 5.75 Å². The molecule has 164 valence electrons. The fraction of sp³-hybridized carbons (Fsp3) is 0.571. The summed E-state index contributed by atoms with van der Waals surface area (Å²) in [6.45, 7) is -0.738. The summed E-state index contributed by atoms with van der Waals surface area (Å²) in [5, 5.41) is 32.7. The molecular weight excluding hydrogens is 414 g/mol. The smallest absolute Gasteiger partial charge is 0.326 e. The van der Waals surface area contributed by atoms with E-state index >= 15 is 0 Å². The third kappa shape index (κ3) is 9.72. The van der Waals surface area contributed by atoms with Crippen LogP contribution < -0.4 is 27.4 Å². The Morgan fingerprint density at radius 2 is 1.31 bits per heavy atom. The normalized spacial score (nSPS) is 14.6. The van der Waals surface area contributed by atoms with Crippen molar-refractivity contribution in [1.82, 2.24) is 16.0 Å². The highest BCUT2D eigenvalue weighted by atomic mass is 32.1. The second-order valence-corrected chi connectivity index (χ2v) is 6.13. The molecule has 0 heterocycles. The number of carboxylic acid groups (broad SMARTS) is 2. The second kappa shape index (κ2) is 12.5. The average molecular weight is 437 g/mol. The summed E-state index contributed by atoms with van der Waals surface area (Å²) < 4.78 is 0. The average Bonchev–Trinajstić information content (AvgIpc) is 2.62. The highest BCUT2D eigenvalue weighted by molar-refractivity contribution is 7.80. The maximum atomic E-state index is 12.3. The van der Waals surface area contributed by atoms with Crippen LogP contribution in [-0.4, -0.2) is 87.4 Å². The summed E-state index contributed by atoms with van der Waals surface area (Å²) in [6.07, 6.45) is -1.57. The van der Waals surface area contributed by atoms with E-state index < -0.39 is 79.2 Å². The summed E-state index contributed by atoms with van der Waals surface area (Å²) in [4.78, 5) is 69.1. The molecule has 14 nitrogen and oxygen atoms in total. The van der Waals surface area contributed by atoms with Crippen molar-refractivity contribution in [3.63, 3.8) is 0 Å². The molecule has 0 saturated heterocycles. The van der Waals surface area contributed by atoms with Gasteiger partial charge >= 0.3 is 11.9 Å². The van der Waals surface area contributed by atoms with Gasteiger partial charge in [0.25, 0.3) is 0 Å². The van der Waals surface area contributed by atoms with Crippen molar-refractivity contribution < 1.29 is 44.1 Å². The van der Waals surface area contributed by atoms with E-state index in [1.165, 1.54) is 0 Å². The Bertz CT molecular complexity index is 659. The molecule has 0 aromatic rings. The number of carbonyl (C=O) groups is 6. The Kier molecular flexibility index (Phi) is 11.3. The monoisotopic (exact) mass is 437 g/mol. The van der Waals surface area contributed by atoms with Gasteiger partial charge in [-0.1, -0.05) is 0 Å². The fourth-order valence-corrected chi connectivity index (χ4v) is 2.14. The van der Waals surface area contributed by atoms with Crippen LogP contribution in [0.15, 0.2) is 0 Å². The molecule has 4 atom stereocenters. The van der Waals surface area contributed by atoms with E-state index in [1.54, 1.807) is 0 Å². The first-order valence-corrected chi connectivity index (χ1v) is 8.67. The molecule has 4 unspecified atom stereocenters. The van der Waals surface area contributed by atoms with Gasteiger partial charge in [0, 0.05) is 5.75 Å². The van der Waals surface area contributed by atoms with Gasteiger partial charge in [0.1, 0.15) is 24.2 Å². The van der Waals surface area contributed by atoms with Crippen molar-refractivity contribution >= 4 is 48.2 Å². The van der Waals surface area contributed by atoms with E-state index in [0.717, 1.165) is 0 Å². The van der Waals surface area contributed by atoms with Crippen molar-refractivity contribution in [3.8, 4) is 0 Å². The predicted octanol–water partition coefficient (Wildman–Crippen LogP) is -4.88. The lowest BCUT2D eigenvalue weighted by Crippen LogP contribution is -2.58. The Balaban J connectivity index is 5.23. The first-order valence-electron chi connectivity index (χ1n) is 8.04. The highest BCUT2D eigenvalue weighted by Crippen LogP contribution is 1.99. The Morgan fingerprint density at radius 1 is 0.828 bits per heavy atom. The molecule has 29 heavy (non-hydrogen) atoms. The number of carboxylic acids is 2. The highest BCUT2D eigenvalue weighted by Gasteiger charge is 2.31. The van der Waals surface area contributed by atoms with Crippen LogP contribution in [0.25, 0.3) is 0 Å². The third-order valence-corrected chi connectivity index (χ3v) is 3.75. The number of hydrogen-bond donors (Lipinski definition) is 9. The lowest BCUT2D eigenvalue weighted by molar-refractivity contribution is -0.147. The molecule has 4 amide bonds. The molecule has 0 spiro atoms. The molecule has 0 rings (SSSR count). The molecule has 0 fully saturated rings. The number of carbonyl (C=O) groups excluding carboxylic acids is 4. The van der Waals surface area contributed by atoms with Gasteiger partial charge in [-0.3, -0.25) is 24.0 Å². The van der Waals surface area contributed by atoms with E-state index in [2.05, 4.69) is 23.3 Å². The van der Waals surface area contributed by atoms with Crippen molar-refractivity contribution in [3.05, 3.63) is 0 Å². The van der Waals surface area contributed by atoms with Crippen molar-refractivity contribution in [2.24, 2.45) is 11.5 Å². The number of rotatable bonds is 13. The standard InChI is InChI=1S/C14H23N5O9S/c15-5(3-20)11(24)17-6(1-9(16)21)12(25)19-8(4-29)13(26)18-7(14(27)28)2-10(22)23/h5-8,20,29H,1-4,15H2,(H2,16,21)(H,17,24)(H,18,26)(H,19,25)(H,22,23)(H,27,28). The molecule has 10 N–H and O–H groups in total. The number of nitrogens with two attached hydrogens (primary N) is 2. The van der Waals surface area contributed by atoms with Gasteiger partial charge in [-0.15, -0.1) is 0 Å². The molecule has 0 bridgehead atoms. The Morgan fingerprint density at radius 3 is 1.72 bits per heavy atom. The fourth-order valence-electron chi connectivity index (χ4n) is 1.89. The third-order valence-electron chi connectivity index (χ3n) is 3.38. The van der Waals surface area contributed by atoms with Crippen LogP contribution in [0.5, 0.6) is 0 Å². The topological polar surface area (TPSA) is 251 Å². The number of hydrogen-bond acceptors (Lipinski definition) is 9. The molecule has 0 aliphatic carbocycles. The number of nitrogens with one attached hydrogen (secondary N) is 3. The van der Waals surface area contributed by atoms with Crippen LogP contribution >= 0.6 is 12.6 Å². The first-order chi connectivity index (χ1) is 13.4. The van der Waals surface area contributed by atoms with Gasteiger partial charge in [0.15, 0.2) is 0 Å². The zero-order valence-corrected chi connectivity index (χ0v) is 15.9. The minimum Gasteiger partial charge on any atom is -0.481 e. The zero-order valence-electron chi connectivity index (χ0n) is 15.0. The van der Waals surface area contributed by atoms with Crippen LogP contribution in [0, 0.1) is 0 Å². The molecule has 0 aliphatic heterocycles. The van der Waals surface area contributed by atoms with Crippen LogP contribution in [0.1, 0.15) is 12.8 Å². The Labute approximate surface area is 169 Å². The first kappa shape index (κ1) is 26.1. The lowest BCUT2D eigenvalue weighted by atomic mass is 10.1. The number of primary amides is 1. The lowest BCUT2D eigenvalue weighted by Gasteiger charge is -2.23. The van der Waals surface area contributed by atoms with Crippen LogP contribution in [0.2, 0.25) is 0 Å². The molecular formula is C14H23N5O9S. The zero-order chi connectivity index (χ0) is 22.7. The number of thiol groups is 1.